The minimum Gasteiger partial charge on any atom is -0.494 e. The standard InChI is InChI=1S/C26H24Cl2N4O2S/c1-4-34-19-11-9-18(10-12-19)32-25(20-7-5-6-8-21(20)27)30-31-26(32)35-15-23(33)29-24-17(3)13-16(2)14-22(24)28/h5-14H,4,15H2,1-3H3,(H,29,33). The SMILES string of the molecule is CCOc1ccc(-n2c(SCC(=O)Nc3c(C)cc(C)cc3Cl)nnc2-c2ccccc2Cl)cc1. The van der Waals surface area contributed by atoms with Crippen LogP contribution >= 0.6 is 35.0 Å². The topological polar surface area (TPSA) is 69.0 Å². The van der Waals surface area contributed by atoms with Gasteiger partial charge in [-0.05, 0) is 74.4 Å². The molecule has 180 valence electrons. The number of benzene rings is 3. The Labute approximate surface area is 218 Å². The van der Waals surface area contributed by atoms with E-state index in [0.717, 1.165) is 28.1 Å². The Morgan fingerprint density at radius 3 is 2.46 bits per heavy atom. The number of thioether (sulfide) groups is 1. The van der Waals surface area contributed by atoms with Gasteiger partial charge in [0.25, 0.3) is 0 Å². The third-order valence-corrected chi connectivity index (χ3v) is 6.74. The summed E-state index contributed by atoms with van der Waals surface area (Å²) in [5, 5.41) is 13.3. The Hall–Kier alpha value is -3.00. The lowest BCUT2D eigenvalue weighted by molar-refractivity contribution is -0.113. The van der Waals surface area contributed by atoms with Gasteiger partial charge in [-0.3, -0.25) is 9.36 Å². The number of hydrogen-bond acceptors (Lipinski definition) is 5. The van der Waals surface area contributed by atoms with Crippen LogP contribution in [-0.2, 0) is 4.79 Å². The lowest BCUT2D eigenvalue weighted by atomic mass is 10.1. The summed E-state index contributed by atoms with van der Waals surface area (Å²) < 4.78 is 7.46. The maximum Gasteiger partial charge on any atom is 0.234 e. The van der Waals surface area contributed by atoms with Crippen LogP contribution in [0.4, 0.5) is 5.69 Å². The van der Waals surface area contributed by atoms with Crippen LogP contribution in [-0.4, -0.2) is 33.0 Å². The number of rotatable bonds is 8. The number of amides is 1. The van der Waals surface area contributed by atoms with Gasteiger partial charge < -0.3 is 10.1 Å². The number of aryl methyl sites for hydroxylation is 2. The van der Waals surface area contributed by atoms with Crippen molar-refractivity contribution in [2.45, 2.75) is 25.9 Å². The first-order chi connectivity index (χ1) is 16.9. The zero-order valence-electron chi connectivity index (χ0n) is 19.5. The van der Waals surface area contributed by atoms with Gasteiger partial charge in [-0.1, -0.05) is 53.2 Å². The second kappa shape index (κ2) is 11.2. The van der Waals surface area contributed by atoms with Gasteiger partial charge in [0.15, 0.2) is 11.0 Å². The number of nitrogens with one attached hydrogen (secondary N) is 1. The smallest absolute Gasteiger partial charge is 0.234 e. The summed E-state index contributed by atoms with van der Waals surface area (Å²) in [5.74, 6) is 1.29. The minimum atomic E-state index is -0.190. The van der Waals surface area contributed by atoms with E-state index in [4.69, 9.17) is 27.9 Å². The molecule has 35 heavy (non-hydrogen) atoms. The Kier molecular flexibility index (Phi) is 8.00. The highest BCUT2D eigenvalue weighted by molar-refractivity contribution is 7.99. The van der Waals surface area contributed by atoms with Crippen LogP contribution in [0.25, 0.3) is 17.1 Å². The van der Waals surface area contributed by atoms with E-state index in [1.54, 1.807) is 0 Å². The lowest BCUT2D eigenvalue weighted by Gasteiger charge is -2.13. The predicted octanol–water partition coefficient (Wildman–Crippen LogP) is 6.99. The molecule has 0 fully saturated rings. The summed E-state index contributed by atoms with van der Waals surface area (Å²) >= 11 is 14.1. The second-order valence-electron chi connectivity index (χ2n) is 7.82. The van der Waals surface area contributed by atoms with Crippen LogP contribution in [0.3, 0.4) is 0 Å². The average molecular weight is 527 g/mol. The highest BCUT2D eigenvalue weighted by atomic mass is 35.5. The molecule has 0 aliphatic rings. The molecule has 3 aromatic carbocycles. The van der Waals surface area contributed by atoms with Crippen LogP contribution < -0.4 is 10.1 Å². The van der Waals surface area contributed by atoms with E-state index in [1.807, 2.05) is 86.0 Å². The fourth-order valence-corrected chi connectivity index (χ4v) is 4.99. The van der Waals surface area contributed by atoms with Crippen LogP contribution in [0.5, 0.6) is 5.75 Å². The molecule has 4 aromatic rings. The van der Waals surface area contributed by atoms with E-state index in [9.17, 15) is 4.79 Å². The highest BCUT2D eigenvalue weighted by Gasteiger charge is 2.19. The highest BCUT2D eigenvalue weighted by Crippen LogP contribution is 2.33. The summed E-state index contributed by atoms with van der Waals surface area (Å²) in [6, 6.07) is 18.9. The number of ether oxygens (including phenoxy) is 1. The molecule has 0 bridgehead atoms. The summed E-state index contributed by atoms with van der Waals surface area (Å²) in [6.07, 6.45) is 0. The number of carbonyl (C=O) groups is 1. The van der Waals surface area contributed by atoms with Crippen molar-refractivity contribution in [3.05, 3.63) is 81.8 Å². The van der Waals surface area contributed by atoms with Gasteiger partial charge in [-0.15, -0.1) is 10.2 Å². The molecular weight excluding hydrogens is 503 g/mol. The first kappa shape index (κ1) is 25.1. The van der Waals surface area contributed by atoms with Crippen LogP contribution in [0.15, 0.2) is 65.8 Å². The molecule has 1 amide bonds. The Bertz CT molecular complexity index is 1330. The lowest BCUT2D eigenvalue weighted by Crippen LogP contribution is -2.16. The fraction of sp³-hybridized carbons (Fsp3) is 0.192. The van der Waals surface area contributed by atoms with Crippen molar-refractivity contribution in [2.75, 3.05) is 17.7 Å². The molecule has 4 rings (SSSR count). The van der Waals surface area contributed by atoms with Gasteiger partial charge in [0.05, 0.1) is 28.1 Å². The average Bonchev–Trinajstić information content (AvgIpc) is 3.25. The van der Waals surface area contributed by atoms with Gasteiger partial charge in [0, 0.05) is 11.3 Å². The summed E-state index contributed by atoms with van der Waals surface area (Å²) in [6.45, 7) is 6.40. The Balaban J connectivity index is 1.62. The Morgan fingerprint density at radius 1 is 1.03 bits per heavy atom. The van der Waals surface area contributed by atoms with Crippen molar-refractivity contribution in [3.8, 4) is 22.8 Å². The predicted molar refractivity (Wildman–Crippen MR) is 143 cm³/mol. The molecule has 1 N–H and O–H groups in total. The van der Waals surface area contributed by atoms with Crippen molar-refractivity contribution in [3.63, 3.8) is 0 Å². The van der Waals surface area contributed by atoms with Crippen LogP contribution in [0.2, 0.25) is 10.0 Å². The van der Waals surface area contributed by atoms with Crippen molar-refractivity contribution in [2.24, 2.45) is 0 Å². The molecule has 1 aromatic heterocycles. The van der Waals surface area contributed by atoms with Crippen molar-refractivity contribution < 1.29 is 9.53 Å². The second-order valence-corrected chi connectivity index (χ2v) is 9.58. The largest absolute Gasteiger partial charge is 0.494 e. The number of anilines is 1. The molecule has 0 atom stereocenters. The molecule has 0 unspecified atom stereocenters. The normalized spacial score (nSPS) is 10.9. The molecule has 0 spiro atoms. The van der Waals surface area contributed by atoms with E-state index in [0.29, 0.717) is 33.3 Å². The van der Waals surface area contributed by atoms with Crippen molar-refractivity contribution in [1.82, 2.24) is 14.8 Å². The number of aromatic nitrogens is 3. The quantitative estimate of drug-likeness (QED) is 0.250. The molecule has 0 radical (unpaired) electrons. The summed E-state index contributed by atoms with van der Waals surface area (Å²) in [5.41, 5.74) is 4.14. The molecule has 1 heterocycles. The maximum absolute atomic E-state index is 12.8. The van der Waals surface area contributed by atoms with E-state index in [2.05, 4.69) is 15.5 Å². The van der Waals surface area contributed by atoms with Gasteiger partial charge in [-0.25, -0.2) is 0 Å². The van der Waals surface area contributed by atoms with E-state index in [1.165, 1.54) is 11.8 Å². The molecule has 0 saturated heterocycles. The maximum atomic E-state index is 12.8. The van der Waals surface area contributed by atoms with Gasteiger partial charge >= 0.3 is 0 Å². The summed E-state index contributed by atoms with van der Waals surface area (Å²) in [7, 11) is 0. The molecule has 0 aliphatic carbocycles. The monoisotopic (exact) mass is 526 g/mol. The zero-order valence-corrected chi connectivity index (χ0v) is 21.8. The van der Waals surface area contributed by atoms with Crippen molar-refractivity contribution in [1.29, 1.82) is 0 Å². The van der Waals surface area contributed by atoms with Crippen LogP contribution in [0.1, 0.15) is 18.1 Å². The van der Waals surface area contributed by atoms with Crippen molar-refractivity contribution >= 4 is 46.6 Å². The van der Waals surface area contributed by atoms with Gasteiger partial charge in [0.1, 0.15) is 5.75 Å². The van der Waals surface area contributed by atoms with E-state index < -0.39 is 0 Å². The molecule has 0 aliphatic heterocycles. The first-order valence-electron chi connectivity index (χ1n) is 11.0. The van der Waals surface area contributed by atoms with E-state index >= 15 is 0 Å². The molecular formula is C26H24Cl2N4O2S. The fourth-order valence-electron chi connectivity index (χ4n) is 3.65. The van der Waals surface area contributed by atoms with Gasteiger partial charge in [0.2, 0.25) is 5.91 Å². The third kappa shape index (κ3) is 5.81. The number of halogens is 2. The van der Waals surface area contributed by atoms with E-state index in [-0.39, 0.29) is 11.7 Å². The zero-order chi connectivity index (χ0) is 24.9. The molecule has 6 nitrogen and oxygen atoms in total. The third-order valence-electron chi connectivity index (χ3n) is 5.18. The number of nitrogens with zero attached hydrogens (tertiary/aromatic N) is 3. The Morgan fingerprint density at radius 2 is 1.77 bits per heavy atom. The van der Waals surface area contributed by atoms with Crippen LogP contribution in [0, 0.1) is 13.8 Å². The minimum absolute atomic E-state index is 0.126. The number of hydrogen-bond donors (Lipinski definition) is 1. The molecule has 9 heteroatoms. The first-order valence-corrected chi connectivity index (χ1v) is 12.7. The van der Waals surface area contributed by atoms with Gasteiger partial charge in [-0.2, -0.15) is 0 Å². The molecule has 0 saturated carbocycles. The number of carbonyl (C=O) groups excluding carboxylic acids is 1. The summed E-state index contributed by atoms with van der Waals surface area (Å²) in [4.78, 5) is 12.8.